The lowest BCUT2D eigenvalue weighted by atomic mass is 9.59. The van der Waals surface area contributed by atoms with E-state index in [9.17, 15) is 4.79 Å². The van der Waals surface area contributed by atoms with Crippen molar-refractivity contribution in [1.82, 2.24) is 15.5 Å². The molecule has 0 aromatic carbocycles. The van der Waals surface area contributed by atoms with Crippen LogP contribution in [0.25, 0.3) is 0 Å². The average Bonchev–Trinajstić information content (AvgIpc) is 2.65. The first kappa shape index (κ1) is 13.2. The summed E-state index contributed by atoms with van der Waals surface area (Å²) in [6, 6.07) is 0.358. The summed E-state index contributed by atoms with van der Waals surface area (Å²) in [5.41, 5.74) is 0.386. The van der Waals surface area contributed by atoms with E-state index >= 15 is 0 Å². The Morgan fingerprint density at radius 1 is 1.32 bits per heavy atom. The molecule has 0 aromatic rings. The molecule has 0 spiro atoms. The Balaban J connectivity index is 1.63. The Morgan fingerprint density at radius 2 is 2.16 bits per heavy atom. The minimum atomic E-state index is 0.130. The number of fused-ring (bicyclic) bond motifs is 1. The van der Waals surface area contributed by atoms with E-state index in [2.05, 4.69) is 10.6 Å². The SMILES string of the molecule is CC(C)NC(=O)N1CCCC(C23CCC2CCN3)C1. The van der Waals surface area contributed by atoms with Crippen molar-refractivity contribution in [3.63, 3.8) is 0 Å². The van der Waals surface area contributed by atoms with Crippen molar-refractivity contribution in [1.29, 1.82) is 0 Å². The molecule has 3 aliphatic rings. The number of carbonyl (C=O) groups excluding carboxylic acids is 1. The molecule has 3 unspecified atom stereocenters. The molecule has 2 saturated heterocycles. The van der Waals surface area contributed by atoms with Crippen LogP contribution >= 0.6 is 0 Å². The molecule has 4 heteroatoms. The van der Waals surface area contributed by atoms with E-state index in [0.29, 0.717) is 11.5 Å². The van der Waals surface area contributed by atoms with E-state index in [1.54, 1.807) is 0 Å². The third-order valence-corrected chi connectivity index (χ3v) is 5.43. The highest BCUT2D eigenvalue weighted by Crippen LogP contribution is 2.51. The zero-order chi connectivity index (χ0) is 13.5. The monoisotopic (exact) mass is 265 g/mol. The molecule has 4 nitrogen and oxygen atoms in total. The lowest BCUT2D eigenvalue weighted by molar-refractivity contribution is 0.0262. The number of rotatable bonds is 2. The van der Waals surface area contributed by atoms with E-state index in [1.165, 1.54) is 32.2 Å². The molecule has 1 saturated carbocycles. The maximum absolute atomic E-state index is 12.2. The fourth-order valence-corrected chi connectivity index (χ4v) is 4.38. The zero-order valence-corrected chi connectivity index (χ0v) is 12.2. The summed E-state index contributed by atoms with van der Waals surface area (Å²) >= 11 is 0. The summed E-state index contributed by atoms with van der Waals surface area (Å²) < 4.78 is 0. The first-order valence-electron chi connectivity index (χ1n) is 7.92. The van der Waals surface area contributed by atoms with E-state index in [1.807, 2.05) is 18.7 Å². The van der Waals surface area contributed by atoms with Crippen LogP contribution in [0.5, 0.6) is 0 Å². The molecular formula is C15H27N3O. The molecule has 2 amide bonds. The van der Waals surface area contributed by atoms with Gasteiger partial charge in [0.15, 0.2) is 0 Å². The van der Waals surface area contributed by atoms with Crippen molar-refractivity contribution in [2.75, 3.05) is 19.6 Å². The lowest BCUT2D eigenvalue weighted by Crippen LogP contribution is -2.62. The standard InChI is InChI=1S/C15H27N3O/c1-11(2)17-14(19)18-9-3-4-13(10-18)15-7-5-12(15)6-8-16-15/h11-13,16H,3-10H2,1-2H3,(H,17,19). The van der Waals surface area contributed by atoms with Gasteiger partial charge in [0.1, 0.15) is 0 Å². The van der Waals surface area contributed by atoms with Gasteiger partial charge in [0.05, 0.1) is 0 Å². The maximum Gasteiger partial charge on any atom is 0.317 e. The first-order valence-corrected chi connectivity index (χ1v) is 7.92. The van der Waals surface area contributed by atoms with Crippen LogP contribution in [0, 0.1) is 11.8 Å². The second-order valence-electron chi connectivity index (χ2n) is 6.88. The minimum Gasteiger partial charge on any atom is -0.336 e. The molecule has 3 fully saturated rings. The first-order chi connectivity index (χ1) is 9.12. The van der Waals surface area contributed by atoms with Gasteiger partial charge >= 0.3 is 6.03 Å². The number of hydrogen-bond acceptors (Lipinski definition) is 2. The van der Waals surface area contributed by atoms with Gasteiger partial charge in [-0.3, -0.25) is 0 Å². The van der Waals surface area contributed by atoms with Crippen molar-refractivity contribution in [3.8, 4) is 0 Å². The number of nitrogens with one attached hydrogen (secondary N) is 2. The van der Waals surface area contributed by atoms with Gasteiger partial charge in [0, 0.05) is 24.7 Å². The van der Waals surface area contributed by atoms with Gasteiger partial charge in [-0.15, -0.1) is 0 Å². The summed E-state index contributed by atoms with van der Waals surface area (Å²) in [5.74, 6) is 1.55. The Bertz CT molecular complexity index is 357. The van der Waals surface area contributed by atoms with Gasteiger partial charge in [0.25, 0.3) is 0 Å². The summed E-state index contributed by atoms with van der Waals surface area (Å²) in [5, 5.41) is 6.81. The molecule has 1 aliphatic carbocycles. The van der Waals surface area contributed by atoms with Gasteiger partial charge in [-0.05, 0) is 64.3 Å². The third kappa shape index (κ3) is 2.24. The van der Waals surface area contributed by atoms with Gasteiger partial charge < -0.3 is 15.5 Å². The van der Waals surface area contributed by atoms with Crippen LogP contribution in [-0.2, 0) is 0 Å². The molecular weight excluding hydrogens is 238 g/mol. The fourth-order valence-electron chi connectivity index (χ4n) is 4.38. The van der Waals surface area contributed by atoms with Crippen LogP contribution in [0.1, 0.15) is 46.0 Å². The third-order valence-electron chi connectivity index (χ3n) is 5.43. The van der Waals surface area contributed by atoms with Crippen molar-refractivity contribution < 1.29 is 4.79 Å². The highest BCUT2D eigenvalue weighted by Gasteiger charge is 2.54. The van der Waals surface area contributed by atoms with Crippen molar-refractivity contribution >= 4 is 6.03 Å². The van der Waals surface area contributed by atoms with E-state index in [4.69, 9.17) is 0 Å². The number of likely N-dealkylation sites (tertiary alicyclic amines) is 1. The molecule has 2 heterocycles. The largest absolute Gasteiger partial charge is 0.336 e. The van der Waals surface area contributed by atoms with Crippen LogP contribution < -0.4 is 10.6 Å². The zero-order valence-electron chi connectivity index (χ0n) is 12.2. The molecule has 2 aliphatic heterocycles. The van der Waals surface area contributed by atoms with E-state index < -0.39 is 0 Å². The Morgan fingerprint density at radius 3 is 2.79 bits per heavy atom. The molecule has 3 atom stereocenters. The highest BCUT2D eigenvalue weighted by atomic mass is 16.2. The number of nitrogens with zero attached hydrogens (tertiary/aromatic N) is 1. The van der Waals surface area contributed by atoms with Crippen LogP contribution in [0.15, 0.2) is 0 Å². The summed E-state index contributed by atoms with van der Waals surface area (Å²) in [4.78, 5) is 14.2. The second-order valence-corrected chi connectivity index (χ2v) is 6.88. The predicted molar refractivity (Wildman–Crippen MR) is 76.0 cm³/mol. The molecule has 0 radical (unpaired) electrons. The summed E-state index contributed by atoms with van der Waals surface area (Å²) in [7, 11) is 0. The van der Waals surface area contributed by atoms with Crippen LogP contribution in [0.4, 0.5) is 4.79 Å². The van der Waals surface area contributed by atoms with Crippen molar-refractivity contribution in [2.24, 2.45) is 11.8 Å². The van der Waals surface area contributed by atoms with Crippen LogP contribution in [0.3, 0.4) is 0 Å². The van der Waals surface area contributed by atoms with E-state index in [0.717, 1.165) is 25.4 Å². The number of hydrogen-bond donors (Lipinski definition) is 2. The van der Waals surface area contributed by atoms with Crippen molar-refractivity contribution in [3.05, 3.63) is 0 Å². The van der Waals surface area contributed by atoms with Gasteiger partial charge in [-0.1, -0.05) is 0 Å². The predicted octanol–water partition coefficient (Wildman–Crippen LogP) is 1.96. The van der Waals surface area contributed by atoms with Gasteiger partial charge in [0.2, 0.25) is 0 Å². The Hall–Kier alpha value is -0.770. The molecule has 108 valence electrons. The minimum absolute atomic E-state index is 0.130. The second kappa shape index (κ2) is 4.97. The number of carbonyl (C=O) groups is 1. The van der Waals surface area contributed by atoms with Gasteiger partial charge in [-0.2, -0.15) is 0 Å². The Labute approximate surface area is 116 Å². The molecule has 0 bridgehead atoms. The van der Waals surface area contributed by atoms with Crippen LogP contribution in [-0.4, -0.2) is 42.1 Å². The fraction of sp³-hybridized carbons (Fsp3) is 0.933. The van der Waals surface area contributed by atoms with Crippen molar-refractivity contribution in [2.45, 2.75) is 57.5 Å². The molecule has 3 rings (SSSR count). The molecule has 19 heavy (non-hydrogen) atoms. The number of urea groups is 1. The summed E-state index contributed by atoms with van der Waals surface area (Å²) in [6.07, 6.45) is 6.50. The summed E-state index contributed by atoms with van der Waals surface area (Å²) in [6.45, 7) is 7.11. The van der Waals surface area contributed by atoms with E-state index in [-0.39, 0.29) is 12.1 Å². The highest BCUT2D eigenvalue weighted by molar-refractivity contribution is 5.74. The Kier molecular flexibility index (Phi) is 3.46. The lowest BCUT2D eigenvalue weighted by Gasteiger charge is -2.53. The number of piperidine rings is 1. The van der Waals surface area contributed by atoms with Gasteiger partial charge in [-0.25, -0.2) is 4.79 Å². The topological polar surface area (TPSA) is 44.4 Å². The average molecular weight is 265 g/mol. The quantitative estimate of drug-likeness (QED) is 0.801. The molecule has 2 N–H and O–H groups in total. The smallest absolute Gasteiger partial charge is 0.317 e. The molecule has 0 aromatic heterocycles. The number of amides is 2. The normalized spacial score (nSPS) is 37.9. The van der Waals surface area contributed by atoms with Crippen LogP contribution in [0.2, 0.25) is 0 Å². The maximum atomic E-state index is 12.2.